The second kappa shape index (κ2) is 7.43. The van der Waals surface area contributed by atoms with Gasteiger partial charge in [-0.3, -0.25) is 9.36 Å². The van der Waals surface area contributed by atoms with Crippen LogP contribution in [0.2, 0.25) is 0 Å². The van der Waals surface area contributed by atoms with E-state index in [0.29, 0.717) is 10.4 Å². The second-order valence-electron chi connectivity index (χ2n) is 4.86. The van der Waals surface area contributed by atoms with Crippen LogP contribution in [0, 0.1) is 6.92 Å². The molecule has 0 N–H and O–H groups in total. The third kappa shape index (κ3) is 3.25. The fourth-order valence-corrected chi connectivity index (χ4v) is 3.29. The van der Waals surface area contributed by atoms with Gasteiger partial charge < -0.3 is 14.2 Å². The molecule has 9 nitrogen and oxygen atoms in total. The van der Waals surface area contributed by atoms with Gasteiger partial charge in [0.1, 0.15) is 16.0 Å². The number of carbonyl (C=O) groups excluding carboxylic acids is 3. The number of ether oxygens (including phenoxy) is 3. The summed E-state index contributed by atoms with van der Waals surface area (Å²) < 4.78 is 14.9. The van der Waals surface area contributed by atoms with Gasteiger partial charge in [-0.1, -0.05) is 0 Å². The van der Waals surface area contributed by atoms with Gasteiger partial charge in [-0.15, -0.1) is 11.3 Å². The Kier molecular flexibility index (Phi) is 5.52. The average Bonchev–Trinajstić information content (AvgIpc) is 2.94. The van der Waals surface area contributed by atoms with E-state index in [1.165, 1.54) is 0 Å². The molecule has 0 aliphatic rings. The predicted molar refractivity (Wildman–Crippen MR) is 87.6 cm³/mol. The van der Waals surface area contributed by atoms with Gasteiger partial charge >= 0.3 is 17.9 Å². The number of aromatic nitrogens is 2. The zero-order valence-corrected chi connectivity index (χ0v) is 14.8. The summed E-state index contributed by atoms with van der Waals surface area (Å²) in [4.78, 5) is 53.2. The molecular formula is C15H16N2O7S. The number of hydrogen-bond acceptors (Lipinski definition) is 9. The quantitative estimate of drug-likeness (QED) is 0.433. The Bertz CT molecular complexity index is 883. The fraction of sp³-hybridized carbons (Fsp3) is 0.400. The van der Waals surface area contributed by atoms with Crippen molar-refractivity contribution in [2.24, 2.45) is 0 Å². The van der Waals surface area contributed by atoms with Crippen LogP contribution in [0.25, 0.3) is 10.2 Å². The van der Waals surface area contributed by atoms with Crippen molar-refractivity contribution in [2.75, 3.05) is 20.8 Å². The van der Waals surface area contributed by atoms with Gasteiger partial charge in [0.05, 0.1) is 26.2 Å². The van der Waals surface area contributed by atoms with Gasteiger partial charge in [0.25, 0.3) is 5.56 Å². The highest BCUT2D eigenvalue weighted by atomic mass is 32.1. The third-order valence-corrected chi connectivity index (χ3v) is 4.64. The Labute approximate surface area is 146 Å². The van der Waals surface area contributed by atoms with E-state index in [0.717, 1.165) is 36.5 Å². The monoisotopic (exact) mass is 368 g/mol. The van der Waals surface area contributed by atoms with E-state index in [-0.39, 0.29) is 16.9 Å². The molecule has 0 aliphatic heterocycles. The summed E-state index contributed by atoms with van der Waals surface area (Å²) in [7, 11) is 2.17. The topological polar surface area (TPSA) is 114 Å². The smallest absolute Gasteiger partial charge is 0.348 e. The lowest BCUT2D eigenvalue weighted by atomic mass is 10.2. The highest BCUT2D eigenvalue weighted by Gasteiger charge is 2.33. The molecule has 0 unspecified atom stereocenters. The van der Waals surface area contributed by atoms with Crippen molar-refractivity contribution < 1.29 is 28.6 Å². The van der Waals surface area contributed by atoms with Crippen molar-refractivity contribution in [2.45, 2.75) is 19.9 Å². The first-order chi connectivity index (χ1) is 11.9. The van der Waals surface area contributed by atoms with E-state index in [1.807, 2.05) is 0 Å². The van der Waals surface area contributed by atoms with Gasteiger partial charge in [0.15, 0.2) is 0 Å². The highest BCUT2D eigenvalue weighted by Crippen LogP contribution is 2.28. The maximum Gasteiger partial charge on any atom is 0.348 e. The molecule has 2 rings (SSSR count). The van der Waals surface area contributed by atoms with Crippen LogP contribution in [0.15, 0.2) is 11.1 Å². The molecule has 0 atom stereocenters. The molecule has 0 aromatic carbocycles. The standard InChI is InChI=1S/C15H16N2O7S/c1-5-24-15(21)10-7(2)8-11(25-10)16-6-17(12(8)18)9(13(19)22-3)14(20)23-4/h6,9H,5H2,1-4H3. The van der Waals surface area contributed by atoms with Crippen LogP contribution >= 0.6 is 11.3 Å². The maximum atomic E-state index is 12.8. The van der Waals surface area contributed by atoms with Crippen LogP contribution in [-0.2, 0) is 23.8 Å². The second-order valence-corrected chi connectivity index (χ2v) is 5.86. The minimum atomic E-state index is -1.62. The lowest BCUT2D eigenvalue weighted by Gasteiger charge is -2.14. The Morgan fingerprint density at radius 2 is 1.84 bits per heavy atom. The zero-order chi connectivity index (χ0) is 18.7. The molecule has 0 saturated carbocycles. The molecular weight excluding hydrogens is 352 g/mol. The molecule has 25 heavy (non-hydrogen) atoms. The largest absolute Gasteiger partial charge is 0.467 e. The fourth-order valence-electron chi connectivity index (χ4n) is 2.26. The molecule has 0 amide bonds. The molecule has 2 heterocycles. The Hall–Kier alpha value is -2.75. The van der Waals surface area contributed by atoms with Crippen LogP contribution in [0.5, 0.6) is 0 Å². The van der Waals surface area contributed by atoms with Crippen LogP contribution in [-0.4, -0.2) is 48.3 Å². The van der Waals surface area contributed by atoms with E-state index in [1.54, 1.807) is 13.8 Å². The molecule has 0 spiro atoms. The van der Waals surface area contributed by atoms with Crippen molar-refractivity contribution in [3.8, 4) is 0 Å². The number of rotatable bonds is 5. The number of thiophene rings is 1. The number of methoxy groups -OCH3 is 2. The van der Waals surface area contributed by atoms with Gasteiger partial charge in [0.2, 0.25) is 6.04 Å². The van der Waals surface area contributed by atoms with Crippen LogP contribution in [0.4, 0.5) is 0 Å². The predicted octanol–water partition coefficient (Wildman–Crippen LogP) is 0.830. The van der Waals surface area contributed by atoms with Crippen LogP contribution in [0.3, 0.4) is 0 Å². The number of aryl methyl sites for hydroxylation is 1. The van der Waals surface area contributed by atoms with Gasteiger partial charge in [-0.25, -0.2) is 19.4 Å². The zero-order valence-electron chi connectivity index (χ0n) is 14.0. The number of hydrogen-bond donors (Lipinski definition) is 0. The van der Waals surface area contributed by atoms with Crippen molar-refractivity contribution in [3.63, 3.8) is 0 Å². The van der Waals surface area contributed by atoms with Crippen molar-refractivity contribution in [1.29, 1.82) is 0 Å². The van der Waals surface area contributed by atoms with E-state index in [2.05, 4.69) is 14.5 Å². The first kappa shape index (κ1) is 18.6. The Morgan fingerprint density at radius 1 is 1.24 bits per heavy atom. The first-order valence-corrected chi connectivity index (χ1v) is 8.02. The summed E-state index contributed by atoms with van der Waals surface area (Å²) in [6, 6.07) is -1.62. The van der Waals surface area contributed by atoms with E-state index in [9.17, 15) is 19.2 Å². The molecule has 0 saturated heterocycles. The lowest BCUT2D eigenvalue weighted by Crippen LogP contribution is -2.36. The molecule has 0 bridgehead atoms. The summed E-state index contributed by atoms with van der Waals surface area (Å²) in [6.45, 7) is 3.43. The van der Waals surface area contributed by atoms with E-state index < -0.39 is 29.5 Å². The summed E-state index contributed by atoms with van der Waals surface area (Å²) >= 11 is 1.00. The van der Waals surface area contributed by atoms with Gasteiger partial charge in [-0.2, -0.15) is 0 Å². The van der Waals surface area contributed by atoms with E-state index in [4.69, 9.17) is 4.74 Å². The third-order valence-electron chi connectivity index (χ3n) is 3.46. The summed E-state index contributed by atoms with van der Waals surface area (Å²) in [6.07, 6.45) is 1.05. The number of nitrogens with zero attached hydrogens (tertiary/aromatic N) is 2. The molecule has 0 radical (unpaired) electrons. The van der Waals surface area contributed by atoms with Crippen LogP contribution < -0.4 is 5.56 Å². The maximum absolute atomic E-state index is 12.8. The minimum Gasteiger partial charge on any atom is -0.467 e. The normalized spacial score (nSPS) is 10.8. The van der Waals surface area contributed by atoms with Gasteiger partial charge in [0, 0.05) is 0 Å². The Morgan fingerprint density at radius 3 is 2.36 bits per heavy atom. The average molecular weight is 368 g/mol. The lowest BCUT2D eigenvalue weighted by molar-refractivity contribution is -0.157. The van der Waals surface area contributed by atoms with Crippen molar-refractivity contribution in [3.05, 3.63) is 27.1 Å². The summed E-state index contributed by atoms with van der Waals surface area (Å²) in [5.74, 6) is -2.49. The number of fused-ring (bicyclic) bond motifs is 1. The summed E-state index contributed by atoms with van der Waals surface area (Å²) in [5.41, 5.74) is -0.283. The molecule has 134 valence electrons. The molecule has 2 aromatic rings. The van der Waals surface area contributed by atoms with Gasteiger partial charge in [-0.05, 0) is 19.4 Å². The number of esters is 3. The molecule has 2 aromatic heterocycles. The summed E-state index contributed by atoms with van der Waals surface area (Å²) in [5, 5.41) is 0.133. The van der Waals surface area contributed by atoms with Crippen molar-refractivity contribution in [1.82, 2.24) is 9.55 Å². The minimum absolute atomic E-state index is 0.133. The SMILES string of the molecule is CCOC(=O)c1sc2ncn(C(C(=O)OC)C(=O)OC)c(=O)c2c1C. The first-order valence-electron chi connectivity index (χ1n) is 7.20. The van der Waals surface area contributed by atoms with Crippen LogP contribution in [0.1, 0.15) is 28.2 Å². The Balaban J connectivity index is 2.68. The van der Waals surface area contributed by atoms with Crippen molar-refractivity contribution >= 4 is 39.5 Å². The number of carbonyl (C=O) groups is 3. The highest BCUT2D eigenvalue weighted by molar-refractivity contribution is 7.20. The molecule has 10 heteroatoms. The molecule has 0 aliphatic carbocycles. The molecule has 0 fully saturated rings. The van der Waals surface area contributed by atoms with E-state index >= 15 is 0 Å².